The van der Waals surface area contributed by atoms with E-state index in [1.54, 1.807) is 10.6 Å². The summed E-state index contributed by atoms with van der Waals surface area (Å²) in [6.45, 7) is 2.27. The zero-order chi connectivity index (χ0) is 17.7. The predicted molar refractivity (Wildman–Crippen MR) is 103 cm³/mol. The normalized spacial score (nSPS) is 11.4. The molecule has 0 aliphatic heterocycles. The zero-order valence-corrected chi connectivity index (χ0v) is 15.8. The lowest BCUT2D eigenvalue weighted by Gasteiger charge is -2.04. The SMILES string of the molecule is CCCCCCCCCCCCCCCc1cc(=O)[nH]c2ncnn12. The molecule has 0 saturated heterocycles. The average molecular weight is 347 g/mol. The Bertz CT molecular complexity index is 646. The molecule has 0 radical (unpaired) electrons. The van der Waals surface area contributed by atoms with Crippen molar-refractivity contribution in [3.63, 3.8) is 0 Å². The van der Waals surface area contributed by atoms with Crippen LogP contribution in [0, 0.1) is 0 Å². The third-order valence-electron chi connectivity index (χ3n) is 4.89. The number of hydrogen-bond donors (Lipinski definition) is 1. The number of aromatic amines is 1. The number of fused-ring (bicyclic) bond motifs is 1. The molecule has 0 fully saturated rings. The van der Waals surface area contributed by atoms with E-state index >= 15 is 0 Å². The fourth-order valence-electron chi connectivity index (χ4n) is 3.40. The molecule has 0 saturated carbocycles. The minimum Gasteiger partial charge on any atom is -0.291 e. The Balaban J connectivity index is 1.47. The van der Waals surface area contributed by atoms with Gasteiger partial charge in [0, 0.05) is 6.07 Å². The molecule has 0 spiro atoms. The van der Waals surface area contributed by atoms with Gasteiger partial charge < -0.3 is 0 Å². The number of nitrogens with zero attached hydrogens (tertiary/aromatic N) is 3. The molecule has 2 heterocycles. The van der Waals surface area contributed by atoms with Crippen LogP contribution in [-0.4, -0.2) is 19.6 Å². The van der Waals surface area contributed by atoms with Crippen molar-refractivity contribution in [1.82, 2.24) is 19.6 Å². The molecule has 1 N–H and O–H groups in total. The Morgan fingerprint density at radius 2 is 1.44 bits per heavy atom. The molecule has 140 valence electrons. The van der Waals surface area contributed by atoms with Crippen LogP contribution in [0.1, 0.15) is 96.1 Å². The Labute approximate surface area is 151 Å². The number of aryl methyl sites for hydroxylation is 1. The van der Waals surface area contributed by atoms with E-state index < -0.39 is 0 Å². The van der Waals surface area contributed by atoms with Crippen molar-refractivity contribution in [1.29, 1.82) is 0 Å². The van der Waals surface area contributed by atoms with Gasteiger partial charge in [-0.3, -0.25) is 9.78 Å². The highest BCUT2D eigenvalue weighted by Gasteiger charge is 2.04. The molecule has 0 unspecified atom stereocenters. The molecule has 0 atom stereocenters. The Morgan fingerprint density at radius 3 is 2.04 bits per heavy atom. The topological polar surface area (TPSA) is 63.0 Å². The van der Waals surface area contributed by atoms with E-state index in [1.807, 2.05) is 0 Å². The standard InChI is InChI=1S/C20H34N4O/c1-2-3-4-5-6-7-8-9-10-11-12-13-14-15-18-16-19(25)23-20-21-17-22-24(18)20/h16-17H,2-15H2,1H3,(H,21,22,23,25). The molecule has 5 heteroatoms. The minimum absolute atomic E-state index is 0.0924. The summed E-state index contributed by atoms with van der Waals surface area (Å²) in [6, 6.07) is 1.64. The van der Waals surface area contributed by atoms with Gasteiger partial charge in [0.05, 0.1) is 5.69 Å². The first kappa shape index (κ1) is 19.7. The van der Waals surface area contributed by atoms with Crippen LogP contribution >= 0.6 is 0 Å². The molecule has 25 heavy (non-hydrogen) atoms. The lowest BCUT2D eigenvalue weighted by molar-refractivity contribution is 0.538. The highest BCUT2D eigenvalue weighted by Crippen LogP contribution is 2.13. The molecule has 0 aliphatic rings. The van der Waals surface area contributed by atoms with Gasteiger partial charge in [0.15, 0.2) is 0 Å². The monoisotopic (exact) mass is 346 g/mol. The van der Waals surface area contributed by atoms with Crippen molar-refractivity contribution in [2.45, 2.75) is 96.8 Å². The molecule has 0 aromatic carbocycles. The number of nitrogens with one attached hydrogen (secondary N) is 1. The highest BCUT2D eigenvalue weighted by atomic mass is 16.1. The molecule has 2 rings (SSSR count). The maximum atomic E-state index is 11.6. The smallest absolute Gasteiger partial charge is 0.252 e. The largest absolute Gasteiger partial charge is 0.291 e. The fraction of sp³-hybridized carbons (Fsp3) is 0.750. The van der Waals surface area contributed by atoms with Gasteiger partial charge in [-0.25, -0.2) is 4.52 Å². The van der Waals surface area contributed by atoms with E-state index in [4.69, 9.17) is 0 Å². The maximum absolute atomic E-state index is 11.6. The van der Waals surface area contributed by atoms with Crippen molar-refractivity contribution < 1.29 is 0 Å². The molecule has 2 aromatic rings. The van der Waals surface area contributed by atoms with E-state index in [1.165, 1.54) is 83.4 Å². The van der Waals surface area contributed by atoms with Crippen molar-refractivity contribution in [3.05, 3.63) is 28.4 Å². The van der Waals surface area contributed by atoms with Gasteiger partial charge in [-0.2, -0.15) is 10.1 Å². The predicted octanol–water partition coefficient (Wildman–Crippen LogP) is 5.05. The molecule has 0 amide bonds. The van der Waals surface area contributed by atoms with Gasteiger partial charge in [0.1, 0.15) is 6.33 Å². The number of aromatic nitrogens is 4. The summed E-state index contributed by atoms with van der Waals surface area (Å²) < 4.78 is 1.74. The van der Waals surface area contributed by atoms with Crippen LogP contribution in [0.15, 0.2) is 17.2 Å². The Kier molecular flexibility index (Phi) is 9.31. The number of hydrogen-bond acceptors (Lipinski definition) is 3. The summed E-state index contributed by atoms with van der Waals surface area (Å²) in [5.74, 6) is 0.539. The van der Waals surface area contributed by atoms with Gasteiger partial charge in [-0.15, -0.1) is 0 Å². The summed E-state index contributed by atoms with van der Waals surface area (Å²) in [5, 5.41) is 4.18. The zero-order valence-electron chi connectivity index (χ0n) is 15.8. The molecule has 0 bridgehead atoms. The van der Waals surface area contributed by atoms with Crippen LogP contribution in [0.4, 0.5) is 0 Å². The lowest BCUT2D eigenvalue weighted by Crippen LogP contribution is -2.12. The lowest BCUT2D eigenvalue weighted by atomic mass is 10.0. The van der Waals surface area contributed by atoms with Crippen LogP contribution in [0.2, 0.25) is 0 Å². The van der Waals surface area contributed by atoms with Crippen LogP contribution in [0.25, 0.3) is 5.78 Å². The third kappa shape index (κ3) is 7.41. The molecule has 0 aliphatic carbocycles. The van der Waals surface area contributed by atoms with Crippen LogP contribution in [0.5, 0.6) is 0 Å². The first-order valence-corrected chi connectivity index (χ1v) is 10.2. The molecule has 5 nitrogen and oxygen atoms in total. The molecule has 2 aromatic heterocycles. The van der Waals surface area contributed by atoms with Crippen molar-refractivity contribution in [2.75, 3.05) is 0 Å². The van der Waals surface area contributed by atoms with Gasteiger partial charge in [0.25, 0.3) is 5.56 Å². The number of rotatable bonds is 14. The summed E-state index contributed by atoms with van der Waals surface area (Å²) in [4.78, 5) is 18.3. The first-order chi connectivity index (χ1) is 12.3. The van der Waals surface area contributed by atoms with Gasteiger partial charge in [-0.1, -0.05) is 84.0 Å². The Morgan fingerprint density at radius 1 is 0.880 bits per heavy atom. The van der Waals surface area contributed by atoms with Crippen LogP contribution < -0.4 is 5.56 Å². The molecular formula is C20H34N4O. The van der Waals surface area contributed by atoms with Gasteiger partial charge in [-0.05, 0) is 12.8 Å². The molecular weight excluding hydrogens is 312 g/mol. The maximum Gasteiger partial charge on any atom is 0.252 e. The van der Waals surface area contributed by atoms with E-state index in [0.29, 0.717) is 5.78 Å². The first-order valence-electron chi connectivity index (χ1n) is 10.2. The highest BCUT2D eigenvalue weighted by molar-refractivity contribution is 5.26. The van der Waals surface area contributed by atoms with Crippen molar-refractivity contribution >= 4 is 5.78 Å². The second-order valence-electron chi connectivity index (χ2n) is 7.11. The van der Waals surface area contributed by atoms with Crippen molar-refractivity contribution in [2.24, 2.45) is 0 Å². The average Bonchev–Trinajstić information content (AvgIpc) is 3.07. The van der Waals surface area contributed by atoms with E-state index in [0.717, 1.165) is 18.5 Å². The fourth-order valence-corrected chi connectivity index (χ4v) is 3.40. The quantitative estimate of drug-likeness (QED) is 0.487. The second-order valence-corrected chi connectivity index (χ2v) is 7.11. The Hall–Kier alpha value is -1.65. The van der Waals surface area contributed by atoms with E-state index in [2.05, 4.69) is 22.0 Å². The minimum atomic E-state index is -0.0924. The van der Waals surface area contributed by atoms with Gasteiger partial charge in [0.2, 0.25) is 5.78 Å². The number of unbranched alkanes of at least 4 members (excludes halogenated alkanes) is 12. The summed E-state index contributed by atoms with van der Waals surface area (Å²) in [5.41, 5.74) is 0.865. The summed E-state index contributed by atoms with van der Waals surface area (Å²) >= 11 is 0. The summed E-state index contributed by atoms with van der Waals surface area (Å²) in [7, 11) is 0. The second kappa shape index (κ2) is 11.8. The third-order valence-corrected chi connectivity index (χ3v) is 4.89. The summed E-state index contributed by atoms with van der Waals surface area (Å²) in [6.07, 6.45) is 19.9. The van der Waals surface area contributed by atoms with E-state index in [9.17, 15) is 4.79 Å². The van der Waals surface area contributed by atoms with Gasteiger partial charge >= 0.3 is 0 Å². The van der Waals surface area contributed by atoms with E-state index in [-0.39, 0.29) is 5.56 Å². The van der Waals surface area contributed by atoms with Crippen molar-refractivity contribution in [3.8, 4) is 0 Å². The van der Waals surface area contributed by atoms with Crippen LogP contribution in [-0.2, 0) is 6.42 Å². The number of H-pyrrole nitrogens is 1. The van der Waals surface area contributed by atoms with Crippen LogP contribution in [0.3, 0.4) is 0 Å².